The number of carboxylic acid groups (broad SMARTS) is 1. The van der Waals surface area contributed by atoms with Gasteiger partial charge in [-0.1, -0.05) is 60.7 Å². The number of hydrogen-bond donors (Lipinski definition) is 3. The number of nitrogens with one attached hydrogen (secondary N) is 1. The number of carbonyl (C=O) groups excluding carboxylic acids is 2. The Labute approximate surface area is 185 Å². The van der Waals surface area contributed by atoms with Crippen molar-refractivity contribution in [3.63, 3.8) is 0 Å². The molecule has 2 N–H and O–H groups in total. The highest BCUT2D eigenvalue weighted by molar-refractivity contribution is 7.99. The van der Waals surface area contributed by atoms with Gasteiger partial charge in [-0.05, 0) is 17.5 Å². The normalized spacial score (nSPS) is 19.9. The van der Waals surface area contributed by atoms with Gasteiger partial charge < -0.3 is 15.3 Å². The molecule has 3 atom stereocenters. The second-order valence-electron chi connectivity index (χ2n) is 7.09. The average Bonchev–Trinajstić information content (AvgIpc) is 2.76. The van der Waals surface area contributed by atoms with Crippen molar-refractivity contribution in [2.75, 3.05) is 18.1 Å². The van der Waals surface area contributed by atoms with Crippen LogP contribution in [0.4, 0.5) is 0 Å². The largest absolute Gasteiger partial charge is 0.480 e. The predicted octanol–water partition coefficient (Wildman–Crippen LogP) is 2.62. The van der Waals surface area contributed by atoms with Crippen LogP contribution < -0.4 is 5.32 Å². The number of hydrogen-bond acceptors (Lipinski definition) is 5. The minimum absolute atomic E-state index is 0.249. The summed E-state index contributed by atoms with van der Waals surface area (Å²) >= 11 is 5.76. The lowest BCUT2D eigenvalue weighted by Gasteiger charge is -2.38. The minimum Gasteiger partial charge on any atom is -0.480 e. The Morgan fingerprint density at radius 3 is 2.37 bits per heavy atom. The summed E-state index contributed by atoms with van der Waals surface area (Å²) in [5.74, 6) is -1.37. The third-order valence-corrected chi connectivity index (χ3v) is 6.72. The van der Waals surface area contributed by atoms with E-state index in [1.165, 1.54) is 16.7 Å². The summed E-state index contributed by atoms with van der Waals surface area (Å²) in [7, 11) is 0. The molecule has 1 saturated heterocycles. The highest BCUT2D eigenvalue weighted by atomic mass is 32.2. The molecule has 1 aliphatic heterocycles. The van der Waals surface area contributed by atoms with E-state index in [-0.39, 0.29) is 17.7 Å². The van der Waals surface area contributed by atoms with Crippen LogP contribution in [-0.4, -0.2) is 51.9 Å². The van der Waals surface area contributed by atoms with E-state index in [1.807, 2.05) is 60.7 Å². The minimum atomic E-state index is -1.09. The van der Waals surface area contributed by atoms with Gasteiger partial charge in [0.2, 0.25) is 11.8 Å². The van der Waals surface area contributed by atoms with Crippen LogP contribution >= 0.6 is 24.4 Å². The maximum Gasteiger partial charge on any atom is 0.323 e. The fourth-order valence-electron chi connectivity index (χ4n) is 3.40. The smallest absolute Gasteiger partial charge is 0.323 e. The van der Waals surface area contributed by atoms with Crippen LogP contribution in [0.1, 0.15) is 16.5 Å². The lowest BCUT2D eigenvalue weighted by atomic mass is 10.00. The number of benzene rings is 2. The first kappa shape index (κ1) is 22.2. The van der Waals surface area contributed by atoms with E-state index in [2.05, 4.69) is 17.9 Å². The van der Waals surface area contributed by atoms with Crippen molar-refractivity contribution >= 4 is 42.2 Å². The number of aliphatic carboxylic acids is 1. The fraction of sp³-hybridized carbons (Fsp3) is 0.318. The number of carbonyl (C=O) groups is 3. The van der Waals surface area contributed by atoms with Gasteiger partial charge in [-0.2, -0.15) is 12.6 Å². The molecule has 3 rings (SSSR count). The number of carboxylic acids is 1. The predicted molar refractivity (Wildman–Crippen MR) is 120 cm³/mol. The third kappa shape index (κ3) is 5.58. The molecular weight excluding hydrogens is 420 g/mol. The summed E-state index contributed by atoms with van der Waals surface area (Å²) in [5, 5.41) is 11.7. The number of nitrogens with zero attached hydrogens (tertiary/aromatic N) is 1. The van der Waals surface area contributed by atoms with Gasteiger partial charge in [-0.25, -0.2) is 0 Å². The maximum absolute atomic E-state index is 13.1. The molecule has 0 spiro atoms. The summed E-state index contributed by atoms with van der Waals surface area (Å²) in [6, 6.07) is 18.2. The zero-order valence-electron chi connectivity index (χ0n) is 16.3. The van der Waals surface area contributed by atoms with Gasteiger partial charge in [-0.15, -0.1) is 11.8 Å². The molecular formula is C22H24N2O4S2. The van der Waals surface area contributed by atoms with E-state index in [9.17, 15) is 19.5 Å². The Morgan fingerprint density at radius 2 is 1.77 bits per heavy atom. The molecule has 2 aromatic carbocycles. The molecule has 0 radical (unpaired) electrons. The van der Waals surface area contributed by atoms with Crippen LogP contribution in [0.5, 0.6) is 0 Å². The molecule has 1 heterocycles. The molecule has 8 heteroatoms. The van der Waals surface area contributed by atoms with Crippen LogP contribution in [-0.2, 0) is 20.8 Å². The molecule has 0 saturated carbocycles. The van der Waals surface area contributed by atoms with E-state index >= 15 is 0 Å². The Hall–Kier alpha value is -2.45. The van der Waals surface area contributed by atoms with Gasteiger partial charge in [0.05, 0.1) is 5.92 Å². The first-order valence-electron chi connectivity index (χ1n) is 9.63. The van der Waals surface area contributed by atoms with E-state index in [4.69, 9.17) is 0 Å². The second kappa shape index (κ2) is 10.5. The van der Waals surface area contributed by atoms with Crippen LogP contribution in [0.2, 0.25) is 0 Å². The van der Waals surface area contributed by atoms with Gasteiger partial charge in [0.15, 0.2) is 0 Å². The van der Waals surface area contributed by atoms with Crippen LogP contribution in [0.25, 0.3) is 0 Å². The first-order valence-corrected chi connectivity index (χ1v) is 11.3. The second-order valence-corrected chi connectivity index (χ2v) is 8.56. The Morgan fingerprint density at radius 1 is 1.13 bits per heavy atom. The molecule has 1 fully saturated rings. The highest BCUT2D eigenvalue weighted by Gasteiger charge is 2.39. The molecule has 2 amide bonds. The van der Waals surface area contributed by atoms with Crippen molar-refractivity contribution in [2.24, 2.45) is 5.92 Å². The van der Waals surface area contributed by atoms with Crippen molar-refractivity contribution in [3.8, 4) is 0 Å². The Kier molecular flexibility index (Phi) is 7.81. The summed E-state index contributed by atoms with van der Waals surface area (Å²) in [6.07, 6.45) is 0.524. The number of thioether (sulfide) groups is 1. The van der Waals surface area contributed by atoms with Gasteiger partial charge in [0.25, 0.3) is 0 Å². The molecule has 158 valence electrons. The zero-order valence-corrected chi connectivity index (χ0v) is 18.0. The van der Waals surface area contributed by atoms with Crippen molar-refractivity contribution in [2.45, 2.75) is 17.8 Å². The lowest BCUT2D eigenvalue weighted by molar-refractivity contribution is -0.146. The Bertz CT molecular complexity index is 879. The molecule has 0 aromatic heterocycles. The monoisotopic (exact) mass is 444 g/mol. The lowest BCUT2D eigenvalue weighted by Crippen LogP contribution is -2.56. The third-order valence-electron chi connectivity index (χ3n) is 4.91. The average molecular weight is 445 g/mol. The quantitative estimate of drug-likeness (QED) is 0.545. The van der Waals surface area contributed by atoms with E-state index in [1.54, 1.807) is 0 Å². The SMILES string of the molecule is O=C(O)CN1C(=O)[C@@H](NC(=O)C(CS)Cc2ccccc2)CS[C@H]1c1ccccc1. The van der Waals surface area contributed by atoms with Crippen molar-refractivity contribution < 1.29 is 19.5 Å². The fourth-order valence-corrected chi connectivity index (χ4v) is 5.00. The number of thiol groups is 1. The number of amides is 2. The van der Waals surface area contributed by atoms with Gasteiger partial charge in [-0.3, -0.25) is 14.4 Å². The van der Waals surface area contributed by atoms with Crippen molar-refractivity contribution in [1.29, 1.82) is 0 Å². The molecule has 0 aliphatic carbocycles. The molecule has 30 heavy (non-hydrogen) atoms. The Balaban J connectivity index is 1.71. The first-order chi connectivity index (χ1) is 14.5. The standard InChI is InChI=1S/C22H24N2O4S2/c25-19(26)12-24-21(28)18(14-30-22(24)16-9-5-2-6-10-16)23-20(27)17(13-29)11-15-7-3-1-4-8-15/h1-10,17-18,22,29H,11-14H2,(H,23,27)(H,25,26)/t17?,18-,22-/m0/s1. The number of rotatable bonds is 8. The van der Waals surface area contributed by atoms with Gasteiger partial charge in [0.1, 0.15) is 18.0 Å². The zero-order chi connectivity index (χ0) is 21.5. The van der Waals surface area contributed by atoms with Gasteiger partial charge >= 0.3 is 5.97 Å². The van der Waals surface area contributed by atoms with E-state index < -0.39 is 23.9 Å². The van der Waals surface area contributed by atoms with Crippen LogP contribution in [0.3, 0.4) is 0 Å². The highest BCUT2D eigenvalue weighted by Crippen LogP contribution is 2.37. The molecule has 1 aliphatic rings. The molecule has 6 nitrogen and oxygen atoms in total. The van der Waals surface area contributed by atoms with Crippen molar-refractivity contribution in [3.05, 3.63) is 71.8 Å². The van der Waals surface area contributed by atoms with E-state index in [0.29, 0.717) is 17.9 Å². The van der Waals surface area contributed by atoms with E-state index in [0.717, 1.165) is 11.1 Å². The topological polar surface area (TPSA) is 86.7 Å². The molecule has 2 aromatic rings. The summed E-state index contributed by atoms with van der Waals surface area (Å²) < 4.78 is 0. The van der Waals surface area contributed by atoms with Crippen LogP contribution in [0, 0.1) is 5.92 Å². The molecule has 1 unspecified atom stereocenters. The van der Waals surface area contributed by atoms with Crippen LogP contribution in [0.15, 0.2) is 60.7 Å². The maximum atomic E-state index is 13.1. The molecule has 0 bridgehead atoms. The van der Waals surface area contributed by atoms with Gasteiger partial charge in [0, 0.05) is 11.5 Å². The van der Waals surface area contributed by atoms with Crippen molar-refractivity contribution in [1.82, 2.24) is 10.2 Å². The summed E-state index contributed by atoms with van der Waals surface area (Å²) in [6.45, 7) is -0.419. The summed E-state index contributed by atoms with van der Waals surface area (Å²) in [5.41, 5.74) is 1.88. The summed E-state index contributed by atoms with van der Waals surface area (Å²) in [4.78, 5) is 38.6.